The minimum atomic E-state index is -0.752. The van der Waals surface area contributed by atoms with E-state index in [1.807, 2.05) is 5.38 Å². The summed E-state index contributed by atoms with van der Waals surface area (Å²) in [7, 11) is 0. The molecule has 0 saturated heterocycles. The number of nitriles is 1. The molecule has 1 aliphatic rings. The smallest absolute Gasteiger partial charge is 0.115 e. The van der Waals surface area contributed by atoms with Crippen molar-refractivity contribution in [2.24, 2.45) is 5.41 Å². The molecule has 0 aromatic carbocycles. The third-order valence-electron chi connectivity index (χ3n) is 4.19. The van der Waals surface area contributed by atoms with Crippen LogP contribution < -0.4 is 0 Å². The second-order valence-corrected chi connectivity index (χ2v) is 7.77. The first kappa shape index (κ1) is 15.5. The van der Waals surface area contributed by atoms with Crippen LogP contribution in [0.2, 0.25) is 0 Å². The van der Waals surface area contributed by atoms with Crippen LogP contribution in [0.25, 0.3) is 0 Å². The summed E-state index contributed by atoms with van der Waals surface area (Å²) in [5, 5.41) is 23.3. The SMILES string of the molecule is CC(C)(C)c1nc(C(O)C2(C#N)CCCCCC2)cs1. The maximum Gasteiger partial charge on any atom is 0.115 e. The lowest BCUT2D eigenvalue weighted by Gasteiger charge is -2.29. The van der Waals surface area contributed by atoms with Crippen molar-refractivity contribution < 1.29 is 5.11 Å². The summed E-state index contributed by atoms with van der Waals surface area (Å²) in [6.07, 6.45) is 5.21. The normalized spacial score (nSPS) is 20.9. The number of rotatable bonds is 2. The van der Waals surface area contributed by atoms with Gasteiger partial charge in [-0.05, 0) is 12.8 Å². The standard InChI is InChI=1S/C16H24N2OS/c1-15(2,3)14-18-12(10-20-14)13(19)16(11-17)8-6-4-5-7-9-16/h10,13,19H,4-9H2,1-3H3. The average molecular weight is 292 g/mol. The highest BCUT2D eigenvalue weighted by atomic mass is 32.1. The van der Waals surface area contributed by atoms with Crippen molar-refractivity contribution in [1.29, 1.82) is 5.26 Å². The minimum Gasteiger partial charge on any atom is -0.385 e. The zero-order valence-corrected chi connectivity index (χ0v) is 13.5. The van der Waals surface area contributed by atoms with Gasteiger partial charge in [0.15, 0.2) is 0 Å². The van der Waals surface area contributed by atoms with Crippen LogP contribution in [0.3, 0.4) is 0 Å². The lowest BCUT2D eigenvalue weighted by molar-refractivity contribution is 0.0484. The number of hydrogen-bond donors (Lipinski definition) is 1. The lowest BCUT2D eigenvalue weighted by atomic mass is 9.76. The molecule has 1 aromatic heterocycles. The zero-order chi connectivity index (χ0) is 14.8. The van der Waals surface area contributed by atoms with Crippen LogP contribution >= 0.6 is 11.3 Å². The van der Waals surface area contributed by atoms with Gasteiger partial charge in [0.1, 0.15) is 6.10 Å². The van der Waals surface area contributed by atoms with Crippen LogP contribution in [-0.4, -0.2) is 10.1 Å². The van der Waals surface area contributed by atoms with Gasteiger partial charge in [0, 0.05) is 10.8 Å². The first-order valence-electron chi connectivity index (χ1n) is 7.44. The van der Waals surface area contributed by atoms with Gasteiger partial charge in [-0.25, -0.2) is 4.98 Å². The molecule has 3 nitrogen and oxygen atoms in total. The number of nitrogens with zero attached hydrogens (tertiary/aromatic N) is 2. The van der Waals surface area contributed by atoms with Crippen molar-refractivity contribution in [1.82, 2.24) is 4.98 Å². The Bertz CT molecular complexity index is 487. The molecule has 0 spiro atoms. The second kappa shape index (κ2) is 5.83. The largest absolute Gasteiger partial charge is 0.385 e. The molecule has 0 bridgehead atoms. The van der Waals surface area contributed by atoms with Gasteiger partial charge >= 0.3 is 0 Å². The van der Waals surface area contributed by atoms with Crippen molar-refractivity contribution in [2.45, 2.75) is 70.8 Å². The van der Waals surface area contributed by atoms with E-state index in [-0.39, 0.29) is 5.41 Å². The van der Waals surface area contributed by atoms with E-state index >= 15 is 0 Å². The van der Waals surface area contributed by atoms with Crippen LogP contribution in [0.4, 0.5) is 0 Å². The molecule has 0 amide bonds. The van der Waals surface area contributed by atoms with Crippen LogP contribution in [0.15, 0.2) is 5.38 Å². The van der Waals surface area contributed by atoms with Gasteiger partial charge in [0.2, 0.25) is 0 Å². The van der Waals surface area contributed by atoms with Crippen molar-refractivity contribution >= 4 is 11.3 Å². The van der Waals surface area contributed by atoms with Gasteiger partial charge < -0.3 is 5.11 Å². The molecule has 1 atom stereocenters. The number of thiazole rings is 1. The van der Waals surface area contributed by atoms with E-state index in [0.29, 0.717) is 5.69 Å². The monoisotopic (exact) mass is 292 g/mol. The molecule has 1 unspecified atom stereocenters. The summed E-state index contributed by atoms with van der Waals surface area (Å²) < 4.78 is 0. The van der Waals surface area contributed by atoms with Gasteiger partial charge in [-0.2, -0.15) is 5.26 Å². The number of aliphatic hydroxyl groups excluding tert-OH is 1. The highest BCUT2D eigenvalue weighted by molar-refractivity contribution is 7.09. The highest BCUT2D eigenvalue weighted by Gasteiger charge is 2.40. The van der Waals surface area contributed by atoms with Gasteiger partial charge in [-0.1, -0.05) is 46.5 Å². The molecule has 20 heavy (non-hydrogen) atoms. The molecule has 1 heterocycles. The van der Waals surface area contributed by atoms with E-state index in [0.717, 1.165) is 30.7 Å². The van der Waals surface area contributed by atoms with Crippen LogP contribution in [-0.2, 0) is 5.41 Å². The Morgan fingerprint density at radius 1 is 1.30 bits per heavy atom. The van der Waals surface area contributed by atoms with Crippen molar-refractivity contribution in [3.05, 3.63) is 16.1 Å². The Morgan fingerprint density at radius 3 is 2.35 bits per heavy atom. The molecule has 2 rings (SSSR count). The molecule has 4 heteroatoms. The molecule has 0 radical (unpaired) electrons. The molecule has 1 aliphatic carbocycles. The molecule has 1 aromatic rings. The predicted molar refractivity (Wildman–Crippen MR) is 81.5 cm³/mol. The average Bonchev–Trinajstić information content (AvgIpc) is 2.77. The maximum atomic E-state index is 10.7. The fourth-order valence-electron chi connectivity index (χ4n) is 2.85. The van der Waals surface area contributed by atoms with E-state index in [4.69, 9.17) is 0 Å². The molecular formula is C16H24N2OS. The predicted octanol–water partition coefficient (Wildman–Crippen LogP) is 4.34. The fraction of sp³-hybridized carbons (Fsp3) is 0.750. The molecule has 1 fully saturated rings. The quantitative estimate of drug-likeness (QED) is 0.825. The fourth-order valence-corrected chi connectivity index (χ4v) is 3.77. The highest BCUT2D eigenvalue weighted by Crippen LogP contribution is 2.45. The summed E-state index contributed by atoms with van der Waals surface area (Å²) in [5.41, 5.74) is 0.0365. The first-order valence-corrected chi connectivity index (χ1v) is 8.32. The molecule has 1 N–H and O–H groups in total. The van der Waals surface area contributed by atoms with Gasteiger partial charge in [-0.15, -0.1) is 11.3 Å². The first-order chi connectivity index (χ1) is 9.39. The Labute approximate surface area is 125 Å². The zero-order valence-electron chi connectivity index (χ0n) is 12.6. The van der Waals surface area contributed by atoms with Gasteiger partial charge in [0.25, 0.3) is 0 Å². The van der Waals surface area contributed by atoms with Crippen LogP contribution in [0.5, 0.6) is 0 Å². The minimum absolute atomic E-state index is 0.00804. The van der Waals surface area contributed by atoms with Gasteiger partial charge in [0.05, 0.1) is 22.2 Å². The van der Waals surface area contributed by atoms with Crippen LogP contribution in [0, 0.1) is 16.7 Å². The van der Waals surface area contributed by atoms with E-state index in [1.54, 1.807) is 11.3 Å². The van der Waals surface area contributed by atoms with E-state index in [9.17, 15) is 10.4 Å². The van der Waals surface area contributed by atoms with Crippen molar-refractivity contribution in [2.75, 3.05) is 0 Å². The Kier molecular flexibility index (Phi) is 4.51. The molecule has 1 saturated carbocycles. The summed E-state index contributed by atoms with van der Waals surface area (Å²) in [6.45, 7) is 6.36. The number of hydrogen-bond acceptors (Lipinski definition) is 4. The van der Waals surface area contributed by atoms with E-state index in [2.05, 4.69) is 31.8 Å². The van der Waals surface area contributed by atoms with Crippen LogP contribution in [0.1, 0.15) is 76.1 Å². The van der Waals surface area contributed by atoms with E-state index in [1.165, 1.54) is 12.8 Å². The Balaban J connectivity index is 2.26. The lowest BCUT2D eigenvalue weighted by Crippen LogP contribution is -2.27. The molecule has 110 valence electrons. The Morgan fingerprint density at radius 2 is 1.90 bits per heavy atom. The summed E-state index contributed by atoms with van der Waals surface area (Å²) in [6, 6.07) is 2.42. The topological polar surface area (TPSA) is 56.9 Å². The summed E-state index contributed by atoms with van der Waals surface area (Å²) in [5.74, 6) is 0. The Hall–Kier alpha value is -0.920. The molecule has 0 aliphatic heterocycles. The third kappa shape index (κ3) is 3.05. The van der Waals surface area contributed by atoms with Gasteiger partial charge in [-0.3, -0.25) is 0 Å². The van der Waals surface area contributed by atoms with Crippen molar-refractivity contribution in [3.63, 3.8) is 0 Å². The number of aliphatic hydroxyl groups is 1. The second-order valence-electron chi connectivity index (χ2n) is 6.91. The third-order valence-corrected chi connectivity index (χ3v) is 5.47. The molecular weight excluding hydrogens is 268 g/mol. The summed E-state index contributed by atoms with van der Waals surface area (Å²) >= 11 is 1.58. The van der Waals surface area contributed by atoms with Crippen molar-refractivity contribution in [3.8, 4) is 6.07 Å². The summed E-state index contributed by atoms with van der Waals surface area (Å²) in [4.78, 5) is 4.60. The maximum absolute atomic E-state index is 10.7. The number of aromatic nitrogens is 1. The van der Waals surface area contributed by atoms with E-state index < -0.39 is 11.5 Å².